The van der Waals surface area contributed by atoms with Gasteiger partial charge in [0.15, 0.2) is 0 Å². The molecule has 1 atom stereocenters. The van der Waals surface area contributed by atoms with Crippen molar-refractivity contribution >= 4 is 5.91 Å². The maximum Gasteiger partial charge on any atom is 0.248 e. The highest BCUT2D eigenvalue weighted by Gasteiger charge is 2.29. The van der Waals surface area contributed by atoms with Crippen LogP contribution in [-0.2, 0) is 9.53 Å². The van der Waals surface area contributed by atoms with Crippen molar-refractivity contribution in [1.82, 2.24) is 4.90 Å². The third-order valence-corrected chi connectivity index (χ3v) is 2.66. The number of fused-ring (bicyclic) bond motifs is 1. The lowest BCUT2D eigenvalue weighted by Crippen LogP contribution is -2.37. The summed E-state index contributed by atoms with van der Waals surface area (Å²) in [6.45, 7) is 3.59. The van der Waals surface area contributed by atoms with Gasteiger partial charge in [0, 0.05) is 12.6 Å². The van der Waals surface area contributed by atoms with Gasteiger partial charge in [0.05, 0.1) is 6.61 Å². The summed E-state index contributed by atoms with van der Waals surface area (Å²) in [5.41, 5.74) is 1.12. The number of hydrogen-bond acceptors (Lipinski definition) is 2. The van der Waals surface area contributed by atoms with E-state index in [-0.39, 0.29) is 12.1 Å². The summed E-state index contributed by atoms with van der Waals surface area (Å²) in [6, 6.07) is 0. The summed E-state index contributed by atoms with van der Waals surface area (Å²) in [6.07, 6.45) is 4.76. The minimum absolute atomic E-state index is 0.0526. The van der Waals surface area contributed by atoms with Crippen molar-refractivity contribution in [2.75, 3.05) is 13.2 Å². The Hall–Kier alpha value is -0.830. The number of carbonyl (C=O) groups is 1. The van der Waals surface area contributed by atoms with Crippen molar-refractivity contribution in [3.8, 4) is 0 Å². The molecule has 0 aromatic carbocycles. The van der Waals surface area contributed by atoms with Crippen LogP contribution < -0.4 is 0 Å². The molecule has 0 aromatic heterocycles. The fourth-order valence-corrected chi connectivity index (χ4v) is 1.88. The van der Waals surface area contributed by atoms with E-state index in [2.05, 4.69) is 0 Å². The first-order valence-electron chi connectivity index (χ1n) is 4.87. The standard InChI is InChI=1S/C10H15NO2/c1-8-4-6-13-10-3-2-5-11(10)9(12)7-8/h7,10H,2-6H2,1H3/b8-7-/t10-/m0/s1. The van der Waals surface area contributed by atoms with Crippen molar-refractivity contribution in [2.24, 2.45) is 0 Å². The zero-order chi connectivity index (χ0) is 9.26. The van der Waals surface area contributed by atoms with Gasteiger partial charge < -0.3 is 9.64 Å². The highest BCUT2D eigenvalue weighted by molar-refractivity contribution is 5.88. The third-order valence-electron chi connectivity index (χ3n) is 2.66. The van der Waals surface area contributed by atoms with Crippen LogP contribution in [0.3, 0.4) is 0 Å². The molecule has 0 N–H and O–H groups in total. The molecule has 2 aliphatic rings. The summed E-state index contributed by atoms with van der Waals surface area (Å²) < 4.78 is 5.61. The maximum atomic E-state index is 11.6. The van der Waals surface area contributed by atoms with Gasteiger partial charge in [-0.25, -0.2) is 0 Å². The van der Waals surface area contributed by atoms with Crippen molar-refractivity contribution in [1.29, 1.82) is 0 Å². The second-order valence-electron chi connectivity index (χ2n) is 3.74. The Morgan fingerprint density at radius 3 is 3.31 bits per heavy atom. The summed E-state index contributed by atoms with van der Waals surface area (Å²) in [4.78, 5) is 13.5. The van der Waals surface area contributed by atoms with E-state index in [1.807, 2.05) is 11.8 Å². The molecule has 0 spiro atoms. The van der Waals surface area contributed by atoms with E-state index < -0.39 is 0 Å². The maximum absolute atomic E-state index is 11.6. The zero-order valence-corrected chi connectivity index (χ0v) is 7.95. The first-order chi connectivity index (χ1) is 6.27. The van der Waals surface area contributed by atoms with E-state index in [9.17, 15) is 4.79 Å². The van der Waals surface area contributed by atoms with Gasteiger partial charge in [-0.2, -0.15) is 0 Å². The van der Waals surface area contributed by atoms with Crippen LogP contribution in [0, 0.1) is 0 Å². The summed E-state index contributed by atoms with van der Waals surface area (Å²) in [5, 5.41) is 0. The smallest absolute Gasteiger partial charge is 0.248 e. The summed E-state index contributed by atoms with van der Waals surface area (Å²) in [7, 11) is 0. The molecule has 1 fully saturated rings. The van der Waals surface area contributed by atoms with Crippen LogP contribution in [0.1, 0.15) is 26.2 Å². The number of rotatable bonds is 0. The molecule has 1 saturated heterocycles. The first-order valence-corrected chi connectivity index (χ1v) is 4.87. The topological polar surface area (TPSA) is 29.5 Å². The Bertz CT molecular complexity index is 247. The Morgan fingerprint density at radius 2 is 2.46 bits per heavy atom. The van der Waals surface area contributed by atoms with Crippen molar-refractivity contribution < 1.29 is 9.53 Å². The van der Waals surface area contributed by atoms with Gasteiger partial charge in [-0.1, -0.05) is 5.57 Å². The van der Waals surface area contributed by atoms with Gasteiger partial charge in [-0.3, -0.25) is 4.79 Å². The largest absolute Gasteiger partial charge is 0.358 e. The first kappa shape index (κ1) is 8.75. The van der Waals surface area contributed by atoms with Crippen LogP contribution in [-0.4, -0.2) is 30.2 Å². The molecule has 2 aliphatic heterocycles. The number of ether oxygens (including phenoxy) is 1. The van der Waals surface area contributed by atoms with Crippen molar-refractivity contribution in [3.63, 3.8) is 0 Å². The molecular formula is C10H15NO2. The molecule has 0 radical (unpaired) electrons. The minimum atomic E-state index is 0.0526. The summed E-state index contributed by atoms with van der Waals surface area (Å²) in [5.74, 6) is 0.125. The van der Waals surface area contributed by atoms with Crippen LogP contribution in [0.5, 0.6) is 0 Å². The predicted molar refractivity (Wildman–Crippen MR) is 49.1 cm³/mol. The van der Waals surface area contributed by atoms with Gasteiger partial charge in [0.2, 0.25) is 5.91 Å². The Kier molecular flexibility index (Phi) is 2.36. The predicted octanol–water partition coefficient (Wildman–Crippen LogP) is 1.30. The zero-order valence-electron chi connectivity index (χ0n) is 7.95. The van der Waals surface area contributed by atoms with Crippen LogP contribution in [0.15, 0.2) is 11.6 Å². The third kappa shape index (κ3) is 1.75. The van der Waals surface area contributed by atoms with Crippen molar-refractivity contribution in [2.45, 2.75) is 32.4 Å². The minimum Gasteiger partial charge on any atom is -0.358 e. The number of hydrogen-bond donors (Lipinski definition) is 0. The Balaban J connectivity index is 2.17. The van der Waals surface area contributed by atoms with Gasteiger partial charge >= 0.3 is 0 Å². The molecule has 2 heterocycles. The lowest BCUT2D eigenvalue weighted by atomic mass is 10.2. The number of nitrogens with zero attached hydrogens (tertiary/aromatic N) is 1. The lowest BCUT2D eigenvalue weighted by molar-refractivity contribution is -0.137. The fourth-order valence-electron chi connectivity index (χ4n) is 1.88. The second kappa shape index (κ2) is 3.50. The average Bonchev–Trinajstić information content (AvgIpc) is 2.49. The Morgan fingerprint density at radius 1 is 1.62 bits per heavy atom. The number of carbonyl (C=O) groups excluding carboxylic acids is 1. The Labute approximate surface area is 78.4 Å². The molecular weight excluding hydrogens is 166 g/mol. The van der Waals surface area contributed by atoms with Gasteiger partial charge in [0.1, 0.15) is 6.23 Å². The molecule has 1 amide bonds. The van der Waals surface area contributed by atoms with Gasteiger partial charge in [-0.15, -0.1) is 0 Å². The molecule has 0 aromatic rings. The molecule has 13 heavy (non-hydrogen) atoms. The monoisotopic (exact) mass is 181 g/mol. The molecule has 3 heteroatoms. The van der Waals surface area contributed by atoms with Crippen molar-refractivity contribution in [3.05, 3.63) is 11.6 Å². The van der Waals surface area contributed by atoms with Crippen LogP contribution in [0.4, 0.5) is 0 Å². The highest BCUT2D eigenvalue weighted by atomic mass is 16.5. The molecule has 0 unspecified atom stereocenters. The quantitative estimate of drug-likeness (QED) is 0.563. The second-order valence-corrected chi connectivity index (χ2v) is 3.74. The lowest BCUT2D eigenvalue weighted by Gasteiger charge is -2.25. The van der Waals surface area contributed by atoms with E-state index >= 15 is 0 Å². The molecule has 0 bridgehead atoms. The molecule has 72 valence electrons. The SMILES string of the molecule is C/C1=C/C(=O)N2CCC[C@@H]2OCC1. The highest BCUT2D eigenvalue weighted by Crippen LogP contribution is 2.21. The van der Waals surface area contributed by atoms with Gasteiger partial charge in [0.25, 0.3) is 0 Å². The van der Waals surface area contributed by atoms with E-state index in [4.69, 9.17) is 4.74 Å². The summed E-state index contributed by atoms with van der Waals surface area (Å²) >= 11 is 0. The molecule has 3 nitrogen and oxygen atoms in total. The number of amides is 1. The molecule has 0 saturated carbocycles. The van der Waals surface area contributed by atoms with Crippen LogP contribution in [0.2, 0.25) is 0 Å². The van der Waals surface area contributed by atoms with E-state index in [1.165, 1.54) is 0 Å². The van der Waals surface area contributed by atoms with Crippen LogP contribution in [0.25, 0.3) is 0 Å². The fraction of sp³-hybridized carbons (Fsp3) is 0.700. The molecule has 2 rings (SSSR count). The average molecular weight is 181 g/mol. The van der Waals surface area contributed by atoms with E-state index in [0.717, 1.165) is 38.0 Å². The van der Waals surface area contributed by atoms with Gasteiger partial charge in [-0.05, 0) is 26.2 Å². The van der Waals surface area contributed by atoms with Crippen LogP contribution >= 0.6 is 0 Å². The normalized spacial score (nSPS) is 33.3. The molecule has 0 aliphatic carbocycles. The van der Waals surface area contributed by atoms with E-state index in [1.54, 1.807) is 6.08 Å². The van der Waals surface area contributed by atoms with E-state index in [0.29, 0.717) is 0 Å².